The molecular formula is C17H22N2O2. The zero-order valence-electron chi connectivity index (χ0n) is 13.1. The van der Waals surface area contributed by atoms with Crippen LogP contribution in [0.15, 0.2) is 30.5 Å². The highest BCUT2D eigenvalue weighted by Crippen LogP contribution is 2.31. The second-order valence-electron chi connectivity index (χ2n) is 5.04. The van der Waals surface area contributed by atoms with Crippen LogP contribution in [0, 0.1) is 0 Å². The van der Waals surface area contributed by atoms with Gasteiger partial charge in [-0.2, -0.15) is 0 Å². The Morgan fingerprint density at radius 1 is 1.14 bits per heavy atom. The van der Waals surface area contributed by atoms with Gasteiger partial charge >= 0.3 is 0 Å². The van der Waals surface area contributed by atoms with Gasteiger partial charge in [-0.3, -0.25) is 4.98 Å². The summed E-state index contributed by atoms with van der Waals surface area (Å²) in [5.41, 5.74) is 2.67. The van der Waals surface area contributed by atoms with Crippen molar-refractivity contribution in [2.24, 2.45) is 0 Å². The van der Waals surface area contributed by atoms with E-state index in [1.54, 1.807) is 14.2 Å². The predicted octanol–water partition coefficient (Wildman–Crippen LogP) is 4.11. The van der Waals surface area contributed by atoms with E-state index in [2.05, 4.69) is 24.1 Å². The van der Waals surface area contributed by atoms with E-state index in [0.29, 0.717) is 17.4 Å². The largest absolute Gasteiger partial charge is 0.493 e. The first-order valence-electron chi connectivity index (χ1n) is 7.19. The zero-order chi connectivity index (χ0) is 15.2. The Balaban J connectivity index is 2.32. The number of methoxy groups -OCH3 is 2. The lowest BCUT2D eigenvalue weighted by atomic mass is 10.0. The van der Waals surface area contributed by atoms with E-state index in [-0.39, 0.29) is 0 Å². The van der Waals surface area contributed by atoms with Crippen molar-refractivity contribution in [1.82, 2.24) is 9.97 Å². The van der Waals surface area contributed by atoms with Gasteiger partial charge in [-0.25, -0.2) is 4.98 Å². The van der Waals surface area contributed by atoms with Crippen LogP contribution in [-0.4, -0.2) is 24.2 Å². The maximum Gasteiger partial charge on any atom is 0.163 e. The van der Waals surface area contributed by atoms with Crippen molar-refractivity contribution < 1.29 is 9.47 Å². The van der Waals surface area contributed by atoms with Crippen molar-refractivity contribution in [1.29, 1.82) is 0 Å². The fourth-order valence-corrected chi connectivity index (χ4v) is 2.25. The van der Waals surface area contributed by atoms with Gasteiger partial charge in [0.25, 0.3) is 0 Å². The molecule has 2 aromatic rings. The van der Waals surface area contributed by atoms with Gasteiger partial charge in [0, 0.05) is 24.2 Å². The van der Waals surface area contributed by atoms with Gasteiger partial charge in [0.1, 0.15) is 0 Å². The fourth-order valence-electron chi connectivity index (χ4n) is 2.25. The van der Waals surface area contributed by atoms with Crippen LogP contribution in [0.25, 0.3) is 11.0 Å². The molecule has 4 heteroatoms. The van der Waals surface area contributed by atoms with E-state index >= 15 is 0 Å². The first-order chi connectivity index (χ1) is 10.2. The summed E-state index contributed by atoms with van der Waals surface area (Å²) in [6.45, 7) is 4.22. The van der Waals surface area contributed by atoms with Gasteiger partial charge in [0.05, 0.1) is 30.9 Å². The molecule has 1 aromatic carbocycles. The monoisotopic (exact) mass is 286 g/mol. The molecule has 1 atom stereocenters. The first kappa shape index (κ1) is 15.3. The normalized spacial score (nSPS) is 12.8. The van der Waals surface area contributed by atoms with E-state index in [1.165, 1.54) is 0 Å². The van der Waals surface area contributed by atoms with E-state index < -0.39 is 0 Å². The number of allylic oxidation sites excluding steroid dienone is 2. The minimum atomic E-state index is 0.381. The highest BCUT2D eigenvalue weighted by Gasteiger charge is 2.11. The second kappa shape index (κ2) is 7.07. The average Bonchev–Trinajstić information content (AvgIpc) is 2.52. The van der Waals surface area contributed by atoms with Crippen LogP contribution < -0.4 is 9.47 Å². The molecule has 0 amide bonds. The molecule has 4 nitrogen and oxygen atoms in total. The molecule has 0 saturated heterocycles. The lowest BCUT2D eigenvalue weighted by Crippen LogP contribution is -2.00. The minimum Gasteiger partial charge on any atom is -0.493 e. The molecule has 1 aromatic heterocycles. The lowest BCUT2D eigenvalue weighted by Gasteiger charge is -2.12. The summed E-state index contributed by atoms with van der Waals surface area (Å²) in [7, 11) is 3.25. The summed E-state index contributed by atoms with van der Waals surface area (Å²) in [5, 5.41) is 0. The number of fused-ring (bicyclic) bond motifs is 1. The van der Waals surface area contributed by atoms with E-state index in [4.69, 9.17) is 14.5 Å². The van der Waals surface area contributed by atoms with Crippen LogP contribution in [-0.2, 0) is 0 Å². The maximum atomic E-state index is 5.32. The first-order valence-corrected chi connectivity index (χ1v) is 7.19. The summed E-state index contributed by atoms with van der Waals surface area (Å²) < 4.78 is 10.6. The molecule has 0 saturated carbocycles. The highest BCUT2D eigenvalue weighted by atomic mass is 16.5. The van der Waals surface area contributed by atoms with E-state index in [1.807, 2.05) is 25.3 Å². The predicted molar refractivity (Wildman–Crippen MR) is 85.1 cm³/mol. The van der Waals surface area contributed by atoms with Gasteiger partial charge < -0.3 is 9.47 Å². The van der Waals surface area contributed by atoms with Gasteiger partial charge in [-0.05, 0) is 19.8 Å². The summed E-state index contributed by atoms with van der Waals surface area (Å²) >= 11 is 0. The van der Waals surface area contributed by atoms with Gasteiger partial charge in [-0.1, -0.05) is 19.1 Å². The Kier molecular flexibility index (Phi) is 5.14. The number of aromatic nitrogens is 2. The van der Waals surface area contributed by atoms with Crippen molar-refractivity contribution in [2.75, 3.05) is 14.2 Å². The zero-order valence-corrected chi connectivity index (χ0v) is 13.1. The highest BCUT2D eigenvalue weighted by molar-refractivity contribution is 5.78. The molecule has 0 fully saturated rings. The SMILES string of the molecule is CC=CCCC(C)c1cnc2cc(OC)c(OC)cc2n1. The Morgan fingerprint density at radius 2 is 1.81 bits per heavy atom. The molecule has 2 rings (SSSR count). The van der Waals surface area contributed by atoms with Crippen molar-refractivity contribution >= 4 is 11.0 Å². The number of rotatable bonds is 6. The van der Waals surface area contributed by atoms with Crippen LogP contribution in [0.1, 0.15) is 38.3 Å². The van der Waals surface area contributed by atoms with Crippen LogP contribution in [0.5, 0.6) is 11.5 Å². The van der Waals surface area contributed by atoms with Crippen LogP contribution in [0.4, 0.5) is 0 Å². The molecule has 0 aliphatic rings. The molecule has 0 spiro atoms. The third kappa shape index (κ3) is 3.51. The molecule has 0 radical (unpaired) electrons. The Morgan fingerprint density at radius 3 is 2.43 bits per heavy atom. The molecule has 0 bridgehead atoms. The molecule has 112 valence electrons. The van der Waals surface area contributed by atoms with Crippen molar-refractivity contribution in [3.63, 3.8) is 0 Å². The quantitative estimate of drug-likeness (QED) is 0.750. The molecule has 1 heterocycles. The molecule has 0 aliphatic heterocycles. The molecule has 1 unspecified atom stereocenters. The minimum absolute atomic E-state index is 0.381. The van der Waals surface area contributed by atoms with Gasteiger partial charge in [-0.15, -0.1) is 0 Å². The molecule has 0 N–H and O–H groups in total. The Labute approximate surface area is 125 Å². The van der Waals surface area contributed by atoms with Crippen molar-refractivity contribution in [3.05, 3.63) is 36.2 Å². The topological polar surface area (TPSA) is 44.2 Å². The van der Waals surface area contributed by atoms with Crippen LogP contribution >= 0.6 is 0 Å². The van der Waals surface area contributed by atoms with Crippen molar-refractivity contribution in [3.8, 4) is 11.5 Å². The van der Waals surface area contributed by atoms with Crippen LogP contribution in [0.3, 0.4) is 0 Å². The van der Waals surface area contributed by atoms with Gasteiger partial charge in [0.15, 0.2) is 11.5 Å². The smallest absolute Gasteiger partial charge is 0.163 e. The second-order valence-corrected chi connectivity index (χ2v) is 5.04. The number of ether oxygens (including phenoxy) is 2. The maximum absolute atomic E-state index is 5.32. The number of benzene rings is 1. The van der Waals surface area contributed by atoms with Crippen LogP contribution in [0.2, 0.25) is 0 Å². The average molecular weight is 286 g/mol. The van der Waals surface area contributed by atoms with E-state index in [0.717, 1.165) is 29.6 Å². The summed E-state index contributed by atoms with van der Waals surface area (Å²) in [5.74, 6) is 1.73. The van der Waals surface area contributed by atoms with Gasteiger partial charge in [0.2, 0.25) is 0 Å². The Bertz CT molecular complexity index is 638. The molecule has 0 aliphatic carbocycles. The lowest BCUT2D eigenvalue weighted by molar-refractivity contribution is 0.355. The molecule has 21 heavy (non-hydrogen) atoms. The number of nitrogens with zero attached hydrogens (tertiary/aromatic N) is 2. The third-order valence-electron chi connectivity index (χ3n) is 3.57. The van der Waals surface area contributed by atoms with E-state index in [9.17, 15) is 0 Å². The number of hydrogen-bond acceptors (Lipinski definition) is 4. The Hall–Kier alpha value is -2.10. The summed E-state index contributed by atoms with van der Waals surface area (Å²) in [4.78, 5) is 9.21. The number of hydrogen-bond donors (Lipinski definition) is 0. The fraction of sp³-hybridized carbons (Fsp3) is 0.412. The van der Waals surface area contributed by atoms with Crippen molar-refractivity contribution in [2.45, 2.75) is 32.6 Å². The molecular weight excluding hydrogens is 264 g/mol. The summed E-state index contributed by atoms with van der Waals surface area (Å²) in [6.07, 6.45) is 8.24. The standard InChI is InChI=1S/C17H22N2O2/c1-5-6-7-8-12(2)15-11-18-13-9-16(20-3)17(21-4)10-14(13)19-15/h5-6,9-12H,7-8H2,1-4H3. The summed E-state index contributed by atoms with van der Waals surface area (Å²) in [6, 6.07) is 3.73. The third-order valence-corrected chi connectivity index (χ3v) is 3.57.